The van der Waals surface area contributed by atoms with Gasteiger partial charge in [-0.3, -0.25) is 0 Å². The first-order valence-electron chi connectivity index (χ1n) is 3.15. The highest BCUT2D eigenvalue weighted by molar-refractivity contribution is 4.93. The van der Waals surface area contributed by atoms with Gasteiger partial charge in [0.05, 0.1) is 12.2 Å². The fourth-order valence-electron chi connectivity index (χ4n) is 0.544. The van der Waals surface area contributed by atoms with E-state index in [-0.39, 0.29) is 0 Å². The van der Waals surface area contributed by atoms with E-state index in [2.05, 4.69) is 0 Å². The van der Waals surface area contributed by atoms with Crippen molar-refractivity contribution in [1.29, 1.82) is 5.26 Å². The summed E-state index contributed by atoms with van der Waals surface area (Å²) in [5.41, 5.74) is -0.435. The number of nitriles is 1. The smallest absolute Gasteiger partial charge is 0.166 e. The Hall–Kier alpha value is -0.590. The Morgan fingerprint density at radius 2 is 1.70 bits per heavy atom. The van der Waals surface area contributed by atoms with Gasteiger partial charge in [-0.25, -0.2) is 0 Å². The third-order valence-electron chi connectivity index (χ3n) is 1.32. The summed E-state index contributed by atoms with van der Waals surface area (Å²) in [5, 5.41) is 26.2. The average molecular weight is 143 g/mol. The van der Waals surface area contributed by atoms with Gasteiger partial charge in [0.2, 0.25) is 0 Å². The van der Waals surface area contributed by atoms with Crippen molar-refractivity contribution in [2.24, 2.45) is 5.41 Å². The topological polar surface area (TPSA) is 64.2 Å². The van der Waals surface area contributed by atoms with Crippen molar-refractivity contribution >= 4 is 0 Å². The molecule has 0 aliphatic heterocycles. The minimum absolute atomic E-state index is 0.435. The predicted molar refractivity (Wildman–Crippen MR) is 37.1 cm³/mol. The minimum Gasteiger partial charge on any atom is -0.389 e. The van der Waals surface area contributed by atoms with Gasteiger partial charge in [-0.1, -0.05) is 20.8 Å². The van der Waals surface area contributed by atoms with Gasteiger partial charge in [0.25, 0.3) is 0 Å². The Balaban J connectivity index is 4.11. The molecule has 10 heavy (non-hydrogen) atoms. The van der Waals surface area contributed by atoms with Crippen LogP contribution >= 0.6 is 0 Å². The van der Waals surface area contributed by atoms with Crippen LogP contribution in [-0.2, 0) is 0 Å². The summed E-state index contributed by atoms with van der Waals surface area (Å²) in [5.74, 6) is 0. The van der Waals surface area contributed by atoms with Crippen molar-refractivity contribution in [2.45, 2.75) is 33.0 Å². The fraction of sp³-hybridized carbons (Fsp3) is 0.857. The maximum absolute atomic E-state index is 9.18. The molecule has 0 aliphatic carbocycles. The number of rotatable bonds is 1. The molecular formula is C7H13NO2. The molecule has 0 aromatic heterocycles. The van der Waals surface area contributed by atoms with Gasteiger partial charge in [-0.15, -0.1) is 0 Å². The van der Waals surface area contributed by atoms with Gasteiger partial charge in [-0.2, -0.15) is 5.26 Å². The number of nitrogens with zero attached hydrogens (tertiary/aromatic N) is 1. The molecule has 0 saturated carbocycles. The third-order valence-corrected chi connectivity index (χ3v) is 1.32. The predicted octanol–water partition coefficient (Wildman–Crippen LogP) is 0.278. The molecule has 0 fully saturated rings. The van der Waals surface area contributed by atoms with Gasteiger partial charge >= 0.3 is 0 Å². The second kappa shape index (κ2) is 3.00. The van der Waals surface area contributed by atoms with E-state index in [4.69, 9.17) is 10.4 Å². The molecule has 0 amide bonds. The van der Waals surface area contributed by atoms with Gasteiger partial charge in [0, 0.05) is 0 Å². The SMILES string of the molecule is CC(C)(C)[C@H](O)[C@@H](O)C#N. The van der Waals surface area contributed by atoms with E-state index in [9.17, 15) is 5.11 Å². The van der Waals surface area contributed by atoms with Crippen molar-refractivity contribution in [3.8, 4) is 6.07 Å². The molecular weight excluding hydrogens is 130 g/mol. The summed E-state index contributed by atoms with van der Waals surface area (Å²) in [4.78, 5) is 0. The largest absolute Gasteiger partial charge is 0.389 e. The van der Waals surface area contributed by atoms with Gasteiger partial charge in [0.15, 0.2) is 6.10 Å². The van der Waals surface area contributed by atoms with Crippen LogP contribution in [0.5, 0.6) is 0 Å². The summed E-state index contributed by atoms with van der Waals surface area (Å²) >= 11 is 0. The fourth-order valence-corrected chi connectivity index (χ4v) is 0.544. The lowest BCUT2D eigenvalue weighted by Gasteiger charge is -2.26. The lowest BCUT2D eigenvalue weighted by molar-refractivity contribution is -0.0184. The maximum atomic E-state index is 9.18. The third kappa shape index (κ3) is 2.34. The molecule has 2 N–H and O–H groups in total. The van der Waals surface area contributed by atoms with Crippen molar-refractivity contribution in [1.82, 2.24) is 0 Å². The Labute approximate surface area is 60.9 Å². The molecule has 0 aromatic rings. The molecule has 58 valence electrons. The van der Waals surface area contributed by atoms with Crippen molar-refractivity contribution in [3.63, 3.8) is 0 Å². The summed E-state index contributed by atoms with van der Waals surface area (Å²) < 4.78 is 0. The van der Waals surface area contributed by atoms with Gasteiger partial charge in [-0.05, 0) is 5.41 Å². The minimum atomic E-state index is -1.28. The highest BCUT2D eigenvalue weighted by Crippen LogP contribution is 2.21. The molecule has 2 atom stereocenters. The van der Waals surface area contributed by atoms with E-state index in [0.717, 1.165) is 0 Å². The first-order valence-corrected chi connectivity index (χ1v) is 3.15. The first kappa shape index (κ1) is 9.41. The van der Waals surface area contributed by atoms with Crippen molar-refractivity contribution in [2.75, 3.05) is 0 Å². The summed E-state index contributed by atoms with van der Waals surface area (Å²) in [7, 11) is 0. The summed E-state index contributed by atoms with van der Waals surface area (Å²) in [6, 6.07) is 1.58. The zero-order chi connectivity index (χ0) is 8.36. The Morgan fingerprint density at radius 3 is 1.80 bits per heavy atom. The van der Waals surface area contributed by atoms with Crippen LogP contribution in [0.2, 0.25) is 0 Å². The second-order valence-electron chi connectivity index (χ2n) is 3.38. The molecule has 0 bridgehead atoms. The van der Waals surface area contributed by atoms with E-state index < -0.39 is 17.6 Å². The zero-order valence-corrected chi connectivity index (χ0v) is 6.50. The summed E-state index contributed by atoms with van der Waals surface area (Å²) in [6.45, 7) is 5.29. The van der Waals surface area contributed by atoms with Crippen LogP contribution in [0.3, 0.4) is 0 Å². The number of hydrogen-bond acceptors (Lipinski definition) is 3. The van der Waals surface area contributed by atoms with E-state index in [1.807, 2.05) is 0 Å². The maximum Gasteiger partial charge on any atom is 0.166 e. The standard InChI is InChI=1S/C7H13NO2/c1-7(2,3)6(10)5(9)4-8/h5-6,9-10H,1-3H3/t5-,6+/m0/s1. The van der Waals surface area contributed by atoms with Crippen LogP contribution in [0.1, 0.15) is 20.8 Å². The van der Waals surface area contributed by atoms with Crippen LogP contribution in [0.4, 0.5) is 0 Å². The highest BCUT2D eigenvalue weighted by Gasteiger charge is 2.28. The van der Waals surface area contributed by atoms with E-state index in [1.165, 1.54) is 0 Å². The molecule has 0 unspecified atom stereocenters. The van der Waals surface area contributed by atoms with Crippen molar-refractivity contribution in [3.05, 3.63) is 0 Å². The molecule has 3 nitrogen and oxygen atoms in total. The van der Waals surface area contributed by atoms with Crippen LogP contribution < -0.4 is 0 Å². The second-order valence-corrected chi connectivity index (χ2v) is 3.38. The first-order chi connectivity index (χ1) is 4.39. The highest BCUT2D eigenvalue weighted by atomic mass is 16.3. The normalized spacial score (nSPS) is 17.6. The van der Waals surface area contributed by atoms with Gasteiger partial charge < -0.3 is 10.2 Å². The molecule has 0 aliphatic rings. The van der Waals surface area contributed by atoms with Crippen LogP contribution in [0.15, 0.2) is 0 Å². The lowest BCUT2D eigenvalue weighted by Crippen LogP contribution is -2.36. The zero-order valence-electron chi connectivity index (χ0n) is 6.50. The number of aliphatic hydroxyl groups excluding tert-OH is 2. The van der Waals surface area contributed by atoms with E-state index in [0.29, 0.717) is 0 Å². The lowest BCUT2D eigenvalue weighted by atomic mass is 9.86. The summed E-state index contributed by atoms with van der Waals surface area (Å²) in [6.07, 6.45) is -2.25. The Kier molecular flexibility index (Phi) is 2.82. The van der Waals surface area contributed by atoms with E-state index in [1.54, 1.807) is 26.8 Å². The van der Waals surface area contributed by atoms with Crippen LogP contribution in [0, 0.1) is 16.7 Å². The van der Waals surface area contributed by atoms with Gasteiger partial charge in [0.1, 0.15) is 0 Å². The Bertz CT molecular complexity index is 143. The molecule has 0 spiro atoms. The van der Waals surface area contributed by atoms with Crippen molar-refractivity contribution < 1.29 is 10.2 Å². The monoisotopic (exact) mass is 143 g/mol. The Morgan fingerprint density at radius 1 is 1.30 bits per heavy atom. The number of aliphatic hydroxyl groups is 2. The molecule has 0 radical (unpaired) electrons. The van der Waals surface area contributed by atoms with Crippen LogP contribution in [0.25, 0.3) is 0 Å². The average Bonchev–Trinajstić information content (AvgIpc) is 1.83. The molecule has 0 saturated heterocycles. The molecule has 0 heterocycles. The number of hydrogen-bond donors (Lipinski definition) is 2. The van der Waals surface area contributed by atoms with Crippen LogP contribution in [-0.4, -0.2) is 22.4 Å². The quantitative estimate of drug-likeness (QED) is 0.518. The molecule has 0 aromatic carbocycles. The molecule has 0 rings (SSSR count). The van der Waals surface area contributed by atoms with E-state index >= 15 is 0 Å². The molecule has 3 heteroatoms.